The van der Waals surface area contributed by atoms with Gasteiger partial charge in [-0.1, -0.05) is 24.4 Å². The lowest BCUT2D eigenvalue weighted by Gasteiger charge is -2.07. The molecule has 0 spiro atoms. The Morgan fingerprint density at radius 1 is 1.39 bits per heavy atom. The van der Waals surface area contributed by atoms with Crippen molar-refractivity contribution in [2.75, 3.05) is 0 Å². The van der Waals surface area contributed by atoms with Crippen LogP contribution in [0.1, 0.15) is 31.5 Å². The van der Waals surface area contributed by atoms with Crippen LogP contribution in [0.3, 0.4) is 0 Å². The van der Waals surface area contributed by atoms with Crippen LogP contribution in [0.2, 0.25) is 5.15 Å². The summed E-state index contributed by atoms with van der Waals surface area (Å²) in [4.78, 5) is 8.90. The van der Waals surface area contributed by atoms with E-state index in [0.717, 1.165) is 27.9 Å². The van der Waals surface area contributed by atoms with Crippen molar-refractivity contribution in [3.63, 3.8) is 0 Å². The van der Waals surface area contributed by atoms with Crippen LogP contribution >= 0.6 is 23.4 Å². The summed E-state index contributed by atoms with van der Waals surface area (Å²) in [5.74, 6) is 1.65. The molecule has 1 fully saturated rings. The van der Waals surface area contributed by atoms with E-state index in [2.05, 4.69) is 15.1 Å². The molecule has 96 valence electrons. The summed E-state index contributed by atoms with van der Waals surface area (Å²) in [5, 5.41) is 6.27. The fourth-order valence-corrected chi connectivity index (χ4v) is 3.75. The Labute approximate surface area is 115 Å². The molecule has 1 saturated carbocycles. The van der Waals surface area contributed by atoms with Crippen molar-refractivity contribution in [2.45, 2.75) is 36.7 Å². The van der Waals surface area contributed by atoms with Crippen molar-refractivity contribution in [1.29, 1.82) is 0 Å². The molecule has 0 saturated heterocycles. The second-order valence-electron chi connectivity index (χ2n) is 4.65. The molecule has 0 N–H and O–H groups in total. The number of hydrogen-bond donors (Lipinski definition) is 0. The van der Waals surface area contributed by atoms with Crippen LogP contribution in [-0.4, -0.2) is 25.0 Å². The minimum absolute atomic E-state index is 0.509. The molecular formula is C12H15ClN4S. The highest BCUT2D eigenvalue weighted by atomic mass is 35.5. The van der Waals surface area contributed by atoms with Gasteiger partial charge in [-0.2, -0.15) is 16.9 Å². The molecule has 2 aromatic heterocycles. The molecule has 0 radical (unpaired) electrons. The van der Waals surface area contributed by atoms with E-state index in [1.165, 1.54) is 25.7 Å². The van der Waals surface area contributed by atoms with Gasteiger partial charge >= 0.3 is 0 Å². The topological polar surface area (TPSA) is 43.6 Å². The van der Waals surface area contributed by atoms with E-state index in [1.807, 2.05) is 18.8 Å². The highest BCUT2D eigenvalue weighted by Crippen LogP contribution is 2.31. The molecule has 18 heavy (non-hydrogen) atoms. The first-order chi connectivity index (χ1) is 8.74. The van der Waals surface area contributed by atoms with E-state index >= 15 is 0 Å². The van der Waals surface area contributed by atoms with E-state index in [4.69, 9.17) is 11.6 Å². The minimum atomic E-state index is 0.509. The largest absolute Gasteiger partial charge is 0.250 e. The third-order valence-corrected chi connectivity index (χ3v) is 5.00. The van der Waals surface area contributed by atoms with E-state index in [9.17, 15) is 0 Å². The Morgan fingerprint density at radius 3 is 2.94 bits per heavy atom. The lowest BCUT2D eigenvalue weighted by Crippen LogP contribution is -2.01. The average Bonchev–Trinajstić information content (AvgIpc) is 2.98. The molecular weight excluding hydrogens is 268 g/mol. The molecule has 6 heteroatoms. The summed E-state index contributed by atoms with van der Waals surface area (Å²) in [6.07, 6.45) is 7.09. The Hall–Kier alpha value is -0.810. The predicted molar refractivity (Wildman–Crippen MR) is 74.9 cm³/mol. The first-order valence-corrected chi connectivity index (χ1v) is 7.62. The molecule has 2 aromatic rings. The van der Waals surface area contributed by atoms with Crippen LogP contribution in [0.4, 0.5) is 0 Å². The first-order valence-electron chi connectivity index (χ1n) is 6.20. The molecule has 3 rings (SSSR count). The zero-order valence-electron chi connectivity index (χ0n) is 10.3. The van der Waals surface area contributed by atoms with Crippen molar-refractivity contribution in [3.05, 3.63) is 17.2 Å². The van der Waals surface area contributed by atoms with Gasteiger partial charge in [-0.3, -0.25) is 4.68 Å². The standard InChI is InChI=1S/C12H15ClN4S/c1-17-12-9(6-14-17)11(13)15-10(16-12)7-18-8-4-2-3-5-8/h6,8H,2-5,7H2,1H3. The zero-order valence-corrected chi connectivity index (χ0v) is 11.8. The van der Waals surface area contributed by atoms with Gasteiger partial charge in [0.05, 0.1) is 17.3 Å². The van der Waals surface area contributed by atoms with E-state index < -0.39 is 0 Å². The maximum Gasteiger partial charge on any atom is 0.162 e. The number of aromatic nitrogens is 4. The number of fused-ring (bicyclic) bond motifs is 1. The quantitative estimate of drug-likeness (QED) is 0.811. The Bertz CT molecular complexity index is 562. The summed E-state index contributed by atoms with van der Waals surface area (Å²) in [7, 11) is 1.87. The van der Waals surface area contributed by atoms with Gasteiger partial charge in [-0.05, 0) is 12.8 Å². The second kappa shape index (κ2) is 5.05. The van der Waals surface area contributed by atoms with E-state index in [1.54, 1.807) is 10.9 Å². The molecule has 1 aliphatic rings. The molecule has 0 aromatic carbocycles. The van der Waals surface area contributed by atoms with Crippen LogP contribution < -0.4 is 0 Å². The monoisotopic (exact) mass is 282 g/mol. The van der Waals surface area contributed by atoms with Crippen LogP contribution in [0.15, 0.2) is 6.20 Å². The van der Waals surface area contributed by atoms with Crippen LogP contribution in [0.25, 0.3) is 11.0 Å². The summed E-state index contributed by atoms with van der Waals surface area (Å²) in [6, 6.07) is 0. The van der Waals surface area contributed by atoms with Gasteiger partial charge in [0.25, 0.3) is 0 Å². The smallest absolute Gasteiger partial charge is 0.162 e. The molecule has 0 aliphatic heterocycles. The predicted octanol–water partition coefficient (Wildman–Crippen LogP) is 3.19. The zero-order chi connectivity index (χ0) is 12.5. The van der Waals surface area contributed by atoms with Crippen molar-refractivity contribution >= 4 is 34.4 Å². The van der Waals surface area contributed by atoms with Gasteiger partial charge in [0.2, 0.25) is 0 Å². The molecule has 2 heterocycles. The second-order valence-corrected chi connectivity index (χ2v) is 6.30. The molecule has 1 aliphatic carbocycles. The number of thioether (sulfide) groups is 1. The first kappa shape index (κ1) is 12.2. The van der Waals surface area contributed by atoms with Gasteiger partial charge in [-0.15, -0.1) is 0 Å². The molecule has 0 amide bonds. The lowest BCUT2D eigenvalue weighted by molar-refractivity contribution is 0.782. The summed E-state index contributed by atoms with van der Waals surface area (Å²) in [5.41, 5.74) is 0.817. The number of rotatable bonds is 3. The summed E-state index contributed by atoms with van der Waals surface area (Å²) in [6.45, 7) is 0. The maximum atomic E-state index is 6.16. The highest BCUT2D eigenvalue weighted by Gasteiger charge is 2.17. The number of hydrogen-bond acceptors (Lipinski definition) is 4. The van der Waals surface area contributed by atoms with Crippen molar-refractivity contribution in [3.8, 4) is 0 Å². The normalized spacial score (nSPS) is 16.8. The lowest BCUT2D eigenvalue weighted by atomic mass is 10.4. The summed E-state index contributed by atoms with van der Waals surface area (Å²) < 4.78 is 1.74. The SMILES string of the molecule is Cn1ncc2c(Cl)nc(CSC3CCCC3)nc21. The van der Waals surface area contributed by atoms with E-state index in [0.29, 0.717) is 5.15 Å². The Kier molecular flexibility index (Phi) is 3.43. The Balaban J connectivity index is 1.81. The van der Waals surface area contributed by atoms with Gasteiger partial charge in [-0.25, -0.2) is 9.97 Å². The molecule has 0 atom stereocenters. The van der Waals surface area contributed by atoms with Crippen LogP contribution in [-0.2, 0) is 12.8 Å². The fourth-order valence-electron chi connectivity index (χ4n) is 2.34. The van der Waals surface area contributed by atoms with Crippen LogP contribution in [0.5, 0.6) is 0 Å². The maximum absolute atomic E-state index is 6.16. The van der Waals surface area contributed by atoms with Crippen molar-refractivity contribution in [2.24, 2.45) is 7.05 Å². The van der Waals surface area contributed by atoms with Gasteiger partial charge in [0.1, 0.15) is 11.0 Å². The van der Waals surface area contributed by atoms with Gasteiger partial charge in [0, 0.05) is 12.3 Å². The summed E-state index contributed by atoms with van der Waals surface area (Å²) >= 11 is 8.11. The fraction of sp³-hybridized carbons (Fsp3) is 0.583. The average molecular weight is 283 g/mol. The molecule has 4 nitrogen and oxygen atoms in total. The van der Waals surface area contributed by atoms with E-state index in [-0.39, 0.29) is 0 Å². The van der Waals surface area contributed by atoms with Gasteiger partial charge < -0.3 is 0 Å². The van der Waals surface area contributed by atoms with Crippen molar-refractivity contribution in [1.82, 2.24) is 19.7 Å². The van der Waals surface area contributed by atoms with Crippen LogP contribution in [0, 0.1) is 0 Å². The Morgan fingerprint density at radius 2 is 2.17 bits per heavy atom. The molecule has 0 bridgehead atoms. The minimum Gasteiger partial charge on any atom is -0.250 e. The third-order valence-electron chi connectivity index (χ3n) is 3.34. The highest BCUT2D eigenvalue weighted by molar-refractivity contribution is 7.99. The number of halogens is 1. The third kappa shape index (κ3) is 2.34. The van der Waals surface area contributed by atoms with Crippen molar-refractivity contribution < 1.29 is 0 Å². The number of aryl methyl sites for hydroxylation is 1. The van der Waals surface area contributed by atoms with Gasteiger partial charge in [0.15, 0.2) is 5.65 Å². The molecule has 0 unspecified atom stereocenters. The number of nitrogens with zero attached hydrogens (tertiary/aromatic N) is 4.